The SMILES string of the molecule is O=C(CN(CCc1ccccc1)S(=O)(=O)c1ccc(Cl)cc1)N/N=C\c1cccc2ccccc12. The van der Waals surface area contributed by atoms with Crippen LogP contribution in [0.4, 0.5) is 0 Å². The smallest absolute Gasteiger partial charge is 0.255 e. The molecule has 0 atom stereocenters. The lowest BCUT2D eigenvalue weighted by Crippen LogP contribution is -2.40. The third-order valence-corrected chi connectivity index (χ3v) is 7.59. The molecule has 0 fully saturated rings. The van der Waals surface area contributed by atoms with E-state index in [4.69, 9.17) is 11.6 Å². The van der Waals surface area contributed by atoms with E-state index in [1.165, 1.54) is 24.3 Å². The fraction of sp³-hybridized carbons (Fsp3) is 0.111. The highest BCUT2D eigenvalue weighted by Crippen LogP contribution is 2.19. The van der Waals surface area contributed by atoms with E-state index in [-0.39, 0.29) is 18.0 Å². The van der Waals surface area contributed by atoms with Crippen LogP contribution in [0.2, 0.25) is 5.02 Å². The second kappa shape index (κ2) is 11.3. The molecule has 0 heterocycles. The van der Waals surface area contributed by atoms with Gasteiger partial charge in [-0.3, -0.25) is 4.79 Å². The molecular weight excluding hydrogens is 482 g/mol. The highest BCUT2D eigenvalue weighted by Gasteiger charge is 2.26. The second-order valence-corrected chi connectivity index (χ2v) is 10.3. The summed E-state index contributed by atoms with van der Waals surface area (Å²) in [5.74, 6) is -0.535. The first-order valence-corrected chi connectivity index (χ1v) is 12.8. The molecule has 0 aliphatic carbocycles. The first-order chi connectivity index (χ1) is 16.9. The van der Waals surface area contributed by atoms with Gasteiger partial charge in [0.15, 0.2) is 0 Å². The van der Waals surface area contributed by atoms with Gasteiger partial charge in [-0.15, -0.1) is 0 Å². The molecule has 0 saturated heterocycles. The number of nitrogens with zero attached hydrogens (tertiary/aromatic N) is 2. The van der Waals surface area contributed by atoms with Crippen molar-refractivity contribution < 1.29 is 13.2 Å². The highest BCUT2D eigenvalue weighted by atomic mass is 35.5. The van der Waals surface area contributed by atoms with Crippen LogP contribution in [-0.4, -0.2) is 37.9 Å². The molecular formula is C27H24ClN3O3S. The van der Waals surface area contributed by atoms with Crippen molar-refractivity contribution in [3.8, 4) is 0 Å². The molecule has 4 aromatic carbocycles. The van der Waals surface area contributed by atoms with Crippen molar-refractivity contribution in [1.29, 1.82) is 0 Å². The Labute approximate surface area is 209 Å². The number of halogens is 1. The number of amides is 1. The fourth-order valence-electron chi connectivity index (χ4n) is 3.67. The van der Waals surface area contributed by atoms with Gasteiger partial charge in [0.2, 0.25) is 10.0 Å². The van der Waals surface area contributed by atoms with Gasteiger partial charge in [0, 0.05) is 17.1 Å². The number of benzene rings is 4. The minimum atomic E-state index is -3.93. The molecule has 8 heteroatoms. The summed E-state index contributed by atoms with van der Waals surface area (Å²) in [7, 11) is -3.93. The Morgan fingerprint density at radius 3 is 2.34 bits per heavy atom. The molecule has 4 aromatic rings. The molecule has 0 unspecified atom stereocenters. The predicted molar refractivity (Wildman–Crippen MR) is 140 cm³/mol. The van der Waals surface area contributed by atoms with E-state index in [1.54, 1.807) is 6.21 Å². The topological polar surface area (TPSA) is 78.8 Å². The quantitative estimate of drug-likeness (QED) is 0.260. The Morgan fingerprint density at radius 1 is 0.886 bits per heavy atom. The molecule has 1 N–H and O–H groups in total. The highest BCUT2D eigenvalue weighted by molar-refractivity contribution is 7.89. The monoisotopic (exact) mass is 505 g/mol. The summed E-state index contributed by atoms with van der Waals surface area (Å²) in [6.07, 6.45) is 2.02. The molecule has 0 saturated carbocycles. The van der Waals surface area contributed by atoms with Crippen LogP contribution in [0.25, 0.3) is 10.8 Å². The maximum atomic E-state index is 13.3. The van der Waals surface area contributed by atoms with Crippen LogP contribution in [0, 0.1) is 0 Å². The fourth-order valence-corrected chi connectivity index (χ4v) is 5.19. The zero-order valence-corrected chi connectivity index (χ0v) is 20.4. The second-order valence-electron chi connectivity index (χ2n) is 7.89. The third-order valence-electron chi connectivity index (χ3n) is 5.48. The maximum Gasteiger partial charge on any atom is 0.255 e. The van der Waals surface area contributed by atoms with E-state index in [0.717, 1.165) is 26.2 Å². The lowest BCUT2D eigenvalue weighted by molar-refractivity contribution is -0.121. The van der Waals surface area contributed by atoms with Crippen molar-refractivity contribution in [2.75, 3.05) is 13.1 Å². The van der Waals surface area contributed by atoms with E-state index in [1.807, 2.05) is 72.8 Å². The summed E-state index contributed by atoms with van der Waals surface area (Å²) in [6, 6.07) is 29.1. The largest absolute Gasteiger partial charge is 0.272 e. The lowest BCUT2D eigenvalue weighted by Gasteiger charge is -2.21. The Bertz CT molecular complexity index is 1430. The van der Waals surface area contributed by atoms with Crippen molar-refractivity contribution >= 4 is 44.5 Å². The van der Waals surface area contributed by atoms with Crippen LogP contribution in [0.15, 0.2) is 107 Å². The molecule has 0 aliphatic rings. The van der Waals surface area contributed by atoms with E-state index in [9.17, 15) is 13.2 Å². The standard InChI is InChI=1S/C27H24ClN3O3S/c28-24-13-15-25(16-14-24)35(33,34)31(18-17-21-7-2-1-3-8-21)20-27(32)30-29-19-23-11-6-10-22-9-4-5-12-26(22)23/h1-16,19H,17-18,20H2,(H,30,32)/b29-19-. The molecule has 6 nitrogen and oxygen atoms in total. The molecule has 0 radical (unpaired) electrons. The van der Waals surface area contributed by atoms with E-state index >= 15 is 0 Å². The minimum absolute atomic E-state index is 0.0713. The summed E-state index contributed by atoms with van der Waals surface area (Å²) in [5.41, 5.74) is 4.28. The van der Waals surface area contributed by atoms with Gasteiger partial charge < -0.3 is 0 Å². The van der Waals surface area contributed by atoms with Crippen molar-refractivity contribution in [2.45, 2.75) is 11.3 Å². The Kier molecular flexibility index (Phi) is 7.92. The van der Waals surface area contributed by atoms with Crippen LogP contribution in [0.3, 0.4) is 0 Å². The van der Waals surface area contributed by atoms with Gasteiger partial charge in [-0.05, 0) is 47.0 Å². The number of sulfonamides is 1. The summed E-state index contributed by atoms with van der Waals surface area (Å²) >= 11 is 5.92. The Hall–Kier alpha value is -3.52. The number of hydrogen-bond acceptors (Lipinski definition) is 4. The van der Waals surface area contributed by atoms with Gasteiger partial charge in [-0.25, -0.2) is 13.8 Å². The molecule has 0 aromatic heterocycles. The average molecular weight is 506 g/mol. The average Bonchev–Trinajstić information content (AvgIpc) is 2.87. The van der Waals surface area contributed by atoms with Gasteiger partial charge in [-0.1, -0.05) is 84.4 Å². The number of hydrazone groups is 1. The van der Waals surface area contributed by atoms with Crippen LogP contribution in [0.1, 0.15) is 11.1 Å². The van der Waals surface area contributed by atoms with E-state index in [0.29, 0.717) is 11.4 Å². The number of fused-ring (bicyclic) bond motifs is 1. The first-order valence-electron chi connectivity index (χ1n) is 11.0. The lowest BCUT2D eigenvalue weighted by atomic mass is 10.1. The van der Waals surface area contributed by atoms with Crippen molar-refractivity contribution in [1.82, 2.24) is 9.73 Å². The van der Waals surface area contributed by atoms with Crippen molar-refractivity contribution in [2.24, 2.45) is 5.10 Å². The molecule has 0 spiro atoms. The number of nitrogens with one attached hydrogen (secondary N) is 1. The predicted octanol–water partition coefficient (Wildman–Crippen LogP) is 4.88. The normalized spacial score (nSPS) is 11.8. The van der Waals surface area contributed by atoms with Crippen molar-refractivity contribution in [3.05, 3.63) is 113 Å². The minimum Gasteiger partial charge on any atom is -0.272 e. The Balaban J connectivity index is 1.49. The number of carbonyl (C=O) groups excluding carboxylic acids is 1. The molecule has 0 bridgehead atoms. The molecule has 1 amide bonds. The van der Waals surface area contributed by atoms with Gasteiger partial charge >= 0.3 is 0 Å². The zero-order valence-electron chi connectivity index (χ0n) is 18.8. The van der Waals surface area contributed by atoms with Gasteiger partial charge in [0.05, 0.1) is 17.7 Å². The Morgan fingerprint density at radius 2 is 1.57 bits per heavy atom. The summed E-state index contributed by atoms with van der Waals surface area (Å²) in [6.45, 7) is -0.236. The van der Waals surface area contributed by atoms with Crippen molar-refractivity contribution in [3.63, 3.8) is 0 Å². The number of hydrogen-bond donors (Lipinski definition) is 1. The maximum absolute atomic E-state index is 13.3. The van der Waals surface area contributed by atoms with Crippen LogP contribution < -0.4 is 5.43 Å². The number of rotatable bonds is 9. The third kappa shape index (κ3) is 6.33. The van der Waals surface area contributed by atoms with Gasteiger partial charge in [0.25, 0.3) is 5.91 Å². The molecule has 0 aliphatic heterocycles. The van der Waals surface area contributed by atoms with Crippen LogP contribution >= 0.6 is 11.6 Å². The summed E-state index contributed by atoms with van der Waals surface area (Å²) in [4.78, 5) is 12.8. The molecule has 178 valence electrons. The van der Waals surface area contributed by atoms with E-state index in [2.05, 4.69) is 10.5 Å². The first kappa shape index (κ1) is 24.6. The zero-order chi connectivity index (χ0) is 24.7. The molecule has 4 rings (SSSR count). The number of carbonyl (C=O) groups is 1. The van der Waals surface area contributed by atoms with Gasteiger partial charge in [-0.2, -0.15) is 9.41 Å². The van der Waals surface area contributed by atoms with Crippen LogP contribution in [-0.2, 0) is 21.2 Å². The van der Waals surface area contributed by atoms with E-state index < -0.39 is 15.9 Å². The van der Waals surface area contributed by atoms with Gasteiger partial charge in [0.1, 0.15) is 0 Å². The van der Waals surface area contributed by atoms with Crippen LogP contribution in [0.5, 0.6) is 0 Å². The summed E-state index contributed by atoms with van der Waals surface area (Å²) in [5, 5.41) is 6.56. The summed E-state index contributed by atoms with van der Waals surface area (Å²) < 4.78 is 27.8. The molecule has 35 heavy (non-hydrogen) atoms.